The first-order chi connectivity index (χ1) is 8.33. The van der Waals surface area contributed by atoms with Gasteiger partial charge in [0, 0.05) is 0 Å². The van der Waals surface area contributed by atoms with Gasteiger partial charge in [-0.25, -0.2) is 0 Å². The molecule has 0 saturated carbocycles. The molecule has 0 spiro atoms. The quantitative estimate of drug-likeness (QED) is 0.741. The molecule has 0 aliphatic heterocycles. The summed E-state index contributed by atoms with van der Waals surface area (Å²) in [5, 5.41) is 0. The van der Waals surface area contributed by atoms with Crippen molar-refractivity contribution in [2.45, 2.75) is 57.5 Å². The van der Waals surface area contributed by atoms with Crippen LogP contribution < -0.4 is 0 Å². The van der Waals surface area contributed by atoms with E-state index in [9.17, 15) is 8.42 Å². The fourth-order valence-corrected chi connectivity index (χ4v) is 3.12. The molecule has 0 bridgehead atoms. The highest BCUT2D eigenvalue weighted by Crippen LogP contribution is 2.27. The monoisotopic (exact) mass is 270 g/mol. The molecule has 0 fully saturated rings. The Bertz CT molecular complexity index is 476. The van der Waals surface area contributed by atoms with Crippen LogP contribution in [0.4, 0.5) is 0 Å². The van der Waals surface area contributed by atoms with Gasteiger partial charge in [0.2, 0.25) is 0 Å². The summed E-state index contributed by atoms with van der Waals surface area (Å²) in [6.07, 6.45) is 2.30. The van der Waals surface area contributed by atoms with Gasteiger partial charge in [-0.2, -0.15) is 8.42 Å². The van der Waals surface area contributed by atoms with Crippen LogP contribution in [-0.4, -0.2) is 14.0 Å². The first-order valence-electron chi connectivity index (χ1n) is 6.35. The molecule has 1 unspecified atom stereocenters. The summed E-state index contributed by atoms with van der Waals surface area (Å²) in [6.45, 7) is 7.74. The Balaban J connectivity index is 2.97. The molecule has 0 aliphatic rings. The lowest BCUT2D eigenvalue weighted by Gasteiger charge is -2.27. The number of hydrogen-bond donors (Lipinski definition) is 0. The summed E-state index contributed by atoms with van der Waals surface area (Å²) >= 11 is 0. The van der Waals surface area contributed by atoms with Crippen molar-refractivity contribution >= 4 is 10.1 Å². The lowest BCUT2D eigenvalue weighted by atomic mass is 9.98. The molecule has 0 amide bonds. The van der Waals surface area contributed by atoms with E-state index in [2.05, 4.69) is 0 Å². The Hall–Kier alpha value is -0.870. The molecule has 0 aliphatic carbocycles. The van der Waals surface area contributed by atoms with Crippen molar-refractivity contribution in [3.05, 3.63) is 29.8 Å². The van der Waals surface area contributed by atoms with E-state index in [1.165, 1.54) is 0 Å². The zero-order chi connectivity index (χ0) is 13.8. The highest BCUT2D eigenvalue weighted by Gasteiger charge is 2.30. The standard InChI is InChI=1S/C14H22O3S/c1-5-11-14(4,6-2)17-18(15,16)13-9-7-12(3)8-10-13/h7-10H,5-6,11H2,1-4H3. The van der Waals surface area contributed by atoms with Gasteiger partial charge >= 0.3 is 0 Å². The summed E-state index contributed by atoms with van der Waals surface area (Å²) in [5.74, 6) is 0. The van der Waals surface area contributed by atoms with E-state index in [0.29, 0.717) is 6.42 Å². The molecule has 1 atom stereocenters. The largest absolute Gasteiger partial charge is 0.297 e. The minimum absolute atomic E-state index is 0.226. The van der Waals surface area contributed by atoms with Gasteiger partial charge in [0.05, 0.1) is 10.5 Å². The van der Waals surface area contributed by atoms with E-state index >= 15 is 0 Å². The fraction of sp³-hybridized carbons (Fsp3) is 0.571. The van der Waals surface area contributed by atoms with Gasteiger partial charge in [-0.3, -0.25) is 4.18 Å². The molecule has 3 nitrogen and oxygen atoms in total. The number of aryl methyl sites for hydroxylation is 1. The molecule has 1 rings (SSSR count). The van der Waals surface area contributed by atoms with Crippen LogP contribution in [0.25, 0.3) is 0 Å². The maximum absolute atomic E-state index is 12.2. The van der Waals surface area contributed by atoms with Crippen molar-refractivity contribution in [1.82, 2.24) is 0 Å². The Labute approximate surface area is 110 Å². The van der Waals surface area contributed by atoms with Gasteiger partial charge in [-0.05, 0) is 38.8 Å². The van der Waals surface area contributed by atoms with Crippen molar-refractivity contribution in [3.63, 3.8) is 0 Å². The summed E-state index contributed by atoms with van der Waals surface area (Å²) in [4.78, 5) is 0.226. The van der Waals surface area contributed by atoms with Gasteiger partial charge in [0.1, 0.15) is 0 Å². The smallest absolute Gasteiger partial charge is 0.260 e. The van der Waals surface area contributed by atoms with E-state index in [1.54, 1.807) is 24.3 Å². The van der Waals surface area contributed by atoms with Crippen LogP contribution in [0.5, 0.6) is 0 Å². The van der Waals surface area contributed by atoms with E-state index in [-0.39, 0.29) is 4.90 Å². The highest BCUT2D eigenvalue weighted by atomic mass is 32.2. The maximum atomic E-state index is 12.2. The minimum atomic E-state index is -3.67. The lowest BCUT2D eigenvalue weighted by Crippen LogP contribution is -2.30. The van der Waals surface area contributed by atoms with Crippen LogP contribution in [0.1, 0.15) is 45.6 Å². The van der Waals surface area contributed by atoms with Crippen LogP contribution in [0.3, 0.4) is 0 Å². The molecule has 0 heterocycles. The van der Waals surface area contributed by atoms with E-state index in [1.807, 2.05) is 27.7 Å². The van der Waals surface area contributed by atoms with Crippen LogP contribution in [0.15, 0.2) is 29.2 Å². The minimum Gasteiger partial charge on any atom is -0.260 e. The predicted molar refractivity (Wildman–Crippen MR) is 73.1 cm³/mol. The maximum Gasteiger partial charge on any atom is 0.297 e. The molecular weight excluding hydrogens is 248 g/mol. The van der Waals surface area contributed by atoms with Gasteiger partial charge in [0.25, 0.3) is 10.1 Å². The molecule has 102 valence electrons. The second kappa shape index (κ2) is 5.85. The Morgan fingerprint density at radius 2 is 1.72 bits per heavy atom. The van der Waals surface area contributed by atoms with Gasteiger partial charge in [-0.1, -0.05) is 38.0 Å². The molecule has 0 radical (unpaired) electrons. The number of hydrogen-bond acceptors (Lipinski definition) is 3. The van der Waals surface area contributed by atoms with Crippen molar-refractivity contribution in [3.8, 4) is 0 Å². The first-order valence-corrected chi connectivity index (χ1v) is 7.76. The molecule has 0 N–H and O–H groups in total. The third-order valence-corrected chi connectivity index (χ3v) is 4.62. The second-order valence-corrected chi connectivity index (χ2v) is 6.45. The second-order valence-electron chi connectivity index (χ2n) is 4.90. The first kappa shape index (κ1) is 15.2. The average molecular weight is 270 g/mol. The molecule has 0 saturated heterocycles. The van der Waals surface area contributed by atoms with E-state index in [0.717, 1.165) is 18.4 Å². The Kier molecular flexibility index (Phi) is 4.93. The van der Waals surface area contributed by atoms with Crippen LogP contribution in [0.2, 0.25) is 0 Å². The highest BCUT2D eigenvalue weighted by molar-refractivity contribution is 7.86. The average Bonchev–Trinajstić information content (AvgIpc) is 2.29. The molecule has 1 aromatic rings. The summed E-state index contributed by atoms with van der Waals surface area (Å²) in [5.41, 5.74) is 0.416. The zero-order valence-electron chi connectivity index (χ0n) is 11.6. The summed E-state index contributed by atoms with van der Waals surface area (Å²) in [7, 11) is -3.67. The normalized spacial score (nSPS) is 15.3. The fourth-order valence-electron chi connectivity index (χ4n) is 1.82. The molecular formula is C14H22O3S. The van der Waals surface area contributed by atoms with Crippen molar-refractivity contribution in [2.24, 2.45) is 0 Å². The summed E-state index contributed by atoms with van der Waals surface area (Å²) < 4.78 is 29.8. The van der Waals surface area contributed by atoms with Crippen molar-refractivity contribution in [1.29, 1.82) is 0 Å². The van der Waals surface area contributed by atoms with Crippen LogP contribution in [0, 0.1) is 6.92 Å². The number of benzene rings is 1. The van der Waals surface area contributed by atoms with E-state index in [4.69, 9.17) is 4.18 Å². The molecule has 18 heavy (non-hydrogen) atoms. The third kappa shape index (κ3) is 3.82. The lowest BCUT2D eigenvalue weighted by molar-refractivity contribution is 0.0819. The van der Waals surface area contributed by atoms with Gasteiger partial charge in [-0.15, -0.1) is 0 Å². The molecule has 4 heteroatoms. The SMILES string of the molecule is CCCC(C)(CC)OS(=O)(=O)c1ccc(C)cc1. The summed E-state index contributed by atoms with van der Waals surface area (Å²) in [6, 6.07) is 6.73. The van der Waals surface area contributed by atoms with Crippen molar-refractivity contribution in [2.75, 3.05) is 0 Å². The van der Waals surface area contributed by atoms with Crippen LogP contribution >= 0.6 is 0 Å². The predicted octanol–water partition coefficient (Wildman–Crippen LogP) is 3.67. The molecule has 1 aromatic carbocycles. The van der Waals surface area contributed by atoms with Gasteiger partial charge < -0.3 is 0 Å². The number of rotatable bonds is 6. The van der Waals surface area contributed by atoms with Crippen LogP contribution in [-0.2, 0) is 14.3 Å². The third-order valence-electron chi connectivity index (χ3n) is 3.15. The molecule has 0 aromatic heterocycles. The zero-order valence-corrected chi connectivity index (χ0v) is 12.4. The topological polar surface area (TPSA) is 43.4 Å². The van der Waals surface area contributed by atoms with Crippen molar-refractivity contribution < 1.29 is 12.6 Å². The van der Waals surface area contributed by atoms with E-state index < -0.39 is 15.7 Å². The van der Waals surface area contributed by atoms with Gasteiger partial charge in [0.15, 0.2) is 0 Å². The Morgan fingerprint density at radius 3 is 2.17 bits per heavy atom. The Morgan fingerprint density at radius 1 is 1.17 bits per heavy atom.